The average Bonchev–Trinajstić information content (AvgIpc) is 2.55. The third kappa shape index (κ3) is 5.46. The molecule has 2 aromatic rings. The zero-order valence-electron chi connectivity index (χ0n) is 13.5. The topological polar surface area (TPSA) is 44.1 Å². The first-order valence-corrected chi connectivity index (χ1v) is 8.60. The lowest BCUT2D eigenvalue weighted by atomic mass is 10.1. The molecular formula is C19H20N2OS. The van der Waals surface area contributed by atoms with E-state index in [9.17, 15) is 4.79 Å². The number of amides is 1. The molecule has 0 saturated heterocycles. The molecule has 0 N–H and O–H groups in total. The molecule has 0 heterocycles. The second kappa shape index (κ2) is 8.40. The minimum Gasteiger partial charge on any atom is -0.341 e. The zero-order chi connectivity index (χ0) is 16.7. The molecule has 0 radical (unpaired) electrons. The lowest BCUT2D eigenvalue weighted by Crippen LogP contribution is -2.27. The van der Waals surface area contributed by atoms with E-state index in [2.05, 4.69) is 31.2 Å². The molecule has 4 heteroatoms. The van der Waals surface area contributed by atoms with E-state index in [1.807, 2.05) is 25.2 Å². The molecule has 0 aliphatic rings. The maximum Gasteiger partial charge on any atom is 0.232 e. The summed E-state index contributed by atoms with van der Waals surface area (Å²) < 4.78 is 0. The molecule has 0 aromatic heterocycles. The maximum atomic E-state index is 12.2. The second-order valence-electron chi connectivity index (χ2n) is 5.54. The highest BCUT2D eigenvalue weighted by molar-refractivity contribution is 7.99. The van der Waals surface area contributed by atoms with Crippen LogP contribution in [0.15, 0.2) is 48.5 Å². The van der Waals surface area contributed by atoms with Gasteiger partial charge in [0.2, 0.25) is 5.91 Å². The normalized spacial score (nSPS) is 10.1. The summed E-state index contributed by atoms with van der Waals surface area (Å²) in [5.41, 5.74) is 4.16. The van der Waals surface area contributed by atoms with Gasteiger partial charge in [0.25, 0.3) is 0 Å². The van der Waals surface area contributed by atoms with Crippen molar-refractivity contribution in [2.75, 3.05) is 12.8 Å². The molecule has 0 aliphatic heterocycles. The van der Waals surface area contributed by atoms with E-state index in [4.69, 9.17) is 5.26 Å². The van der Waals surface area contributed by atoms with E-state index in [1.54, 1.807) is 28.8 Å². The average molecular weight is 324 g/mol. The van der Waals surface area contributed by atoms with Crippen LogP contribution in [0.5, 0.6) is 0 Å². The van der Waals surface area contributed by atoms with E-state index >= 15 is 0 Å². The molecular weight excluding hydrogens is 304 g/mol. The fraction of sp³-hybridized carbons (Fsp3) is 0.263. The Kier molecular flexibility index (Phi) is 6.25. The van der Waals surface area contributed by atoms with Gasteiger partial charge in [-0.1, -0.05) is 42.0 Å². The van der Waals surface area contributed by atoms with E-state index < -0.39 is 0 Å². The van der Waals surface area contributed by atoms with Crippen LogP contribution in [-0.2, 0) is 17.1 Å². The van der Waals surface area contributed by atoms with Gasteiger partial charge in [0.1, 0.15) is 0 Å². The van der Waals surface area contributed by atoms with Gasteiger partial charge in [0.05, 0.1) is 17.4 Å². The van der Waals surface area contributed by atoms with E-state index in [1.165, 1.54) is 11.1 Å². The summed E-state index contributed by atoms with van der Waals surface area (Å²) >= 11 is 1.63. The van der Waals surface area contributed by atoms with Crippen LogP contribution in [0.1, 0.15) is 22.3 Å². The summed E-state index contributed by atoms with van der Waals surface area (Å²) in [6, 6.07) is 17.8. The van der Waals surface area contributed by atoms with Crippen LogP contribution in [0.25, 0.3) is 0 Å². The van der Waals surface area contributed by atoms with Crippen molar-refractivity contribution < 1.29 is 4.79 Å². The predicted octanol–water partition coefficient (Wildman–Crippen LogP) is 3.76. The minimum absolute atomic E-state index is 0.118. The summed E-state index contributed by atoms with van der Waals surface area (Å²) in [6.45, 7) is 2.64. The van der Waals surface area contributed by atoms with Crippen molar-refractivity contribution in [3.8, 4) is 6.07 Å². The number of nitrogens with zero attached hydrogens (tertiary/aromatic N) is 2. The lowest BCUT2D eigenvalue weighted by molar-refractivity contribution is -0.127. The number of hydrogen-bond donors (Lipinski definition) is 0. The van der Waals surface area contributed by atoms with Crippen molar-refractivity contribution in [3.05, 3.63) is 70.8 Å². The van der Waals surface area contributed by atoms with Gasteiger partial charge in [-0.2, -0.15) is 5.26 Å². The van der Waals surface area contributed by atoms with Crippen LogP contribution in [-0.4, -0.2) is 23.6 Å². The highest BCUT2D eigenvalue weighted by Gasteiger charge is 2.09. The first kappa shape index (κ1) is 17.1. The van der Waals surface area contributed by atoms with Gasteiger partial charge in [-0.25, -0.2) is 0 Å². The molecule has 2 aromatic carbocycles. The maximum absolute atomic E-state index is 12.2. The largest absolute Gasteiger partial charge is 0.341 e. The number of benzene rings is 2. The van der Waals surface area contributed by atoms with Gasteiger partial charge in [0, 0.05) is 19.3 Å². The first-order valence-electron chi connectivity index (χ1n) is 7.45. The van der Waals surface area contributed by atoms with Crippen LogP contribution >= 0.6 is 11.8 Å². The molecule has 2 rings (SSSR count). The third-order valence-corrected chi connectivity index (χ3v) is 4.49. The van der Waals surface area contributed by atoms with E-state index in [0.29, 0.717) is 17.9 Å². The van der Waals surface area contributed by atoms with Crippen molar-refractivity contribution >= 4 is 17.7 Å². The standard InChI is InChI=1S/C19H20N2OS/c1-15-4-3-5-18(10-15)13-23-14-19(22)21(2)12-17-8-6-16(11-20)7-9-17/h3-10H,12-14H2,1-2H3. The minimum atomic E-state index is 0.118. The van der Waals surface area contributed by atoms with Crippen LogP contribution in [0.3, 0.4) is 0 Å². The SMILES string of the molecule is Cc1cccc(CSCC(=O)N(C)Cc2ccc(C#N)cc2)c1. The van der Waals surface area contributed by atoms with Crippen LogP contribution in [0.4, 0.5) is 0 Å². The van der Waals surface area contributed by atoms with Crippen molar-refractivity contribution in [1.29, 1.82) is 5.26 Å². The van der Waals surface area contributed by atoms with Crippen molar-refractivity contribution in [2.24, 2.45) is 0 Å². The smallest absolute Gasteiger partial charge is 0.232 e. The molecule has 0 unspecified atom stereocenters. The van der Waals surface area contributed by atoms with Gasteiger partial charge in [-0.15, -0.1) is 11.8 Å². The third-order valence-electron chi connectivity index (χ3n) is 3.51. The van der Waals surface area contributed by atoms with Crippen molar-refractivity contribution in [3.63, 3.8) is 0 Å². The molecule has 1 amide bonds. The van der Waals surface area contributed by atoms with Gasteiger partial charge in [-0.3, -0.25) is 4.79 Å². The molecule has 3 nitrogen and oxygen atoms in total. The molecule has 0 bridgehead atoms. The number of nitriles is 1. The lowest BCUT2D eigenvalue weighted by Gasteiger charge is -2.17. The molecule has 0 saturated carbocycles. The van der Waals surface area contributed by atoms with Crippen LogP contribution in [0.2, 0.25) is 0 Å². The zero-order valence-corrected chi connectivity index (χ0v) is 14.3. The summed E-state index contributed by atoms with van der Waals surface area (Å²) in [7, 11) is 1.81. The molecule has 0 aliphatic carbocycles. The highest BCUT2D eigenvalue weighted by Crippen LogP contribution is 2.14. The number of thioether (sulfide) groups is 1. The van der Waals surface area contributed by atoms with E-state index in [-0.39, 0.29) is 5.91 Å². The Bertz CT molecular complexity index is 704. The van der Waals surface area contributed by atoms with Gasteiger partial charge >= 0.3 is 0 Å². The van der Waals surface area contributed by atoms with Gasteiger partial charge in [-0.05, 0) is 30.2 Å². The number of rotatable bonds is 6. The fourth-order valence-corrected chi connectivity index (χ4v) is 3.13. The summed E-state index contributed by atoms with van der Waals surface area (Å²) in [4.78, 5) is 13.9. The second-order valence-corrected chi connectivity index (χ2v) is 6.53. The molecule has 0 atom stereocenters. The molecule has 0 fully saturated rings. The molecule has 118 valence electrons. The van der Waals surface area contributed by atoms with E-state index in [0.717, 1.165) is 11.3 Å². The summed E-state index contributed by atoms with van der Waals surface area (Å²) in [6.07, 6.45) is 0. The Morgan fingerprint density at radius 3 is 2.57 bits per heavy atom. The molecule has 23 heavy (non-hydrogen) atoms. The Morgan fingerprint density at radius 1 is 1.17 bits per heavy atom. The Morgan fingerprint density at radius 2 is 1.91 bits per heavy atom. The number of aryl methyl sites for hydroxylation is 1. The summed E-state index contributed by atoms with van der Waals surface area (Å²) in [5.74, 6) is 1.44. The fourth-order valence-electron chi connectivity index (χ4n) is 2.22. The number of hydrogen-bond acceptors (Lipinski definition) is 3. The Balaban J connectivity index is 1.79. The van der Waals surface area contributed by atoms with Gasteiger partial charge < -0.3 is 4.90 Å². The number of carbonyl (C=O) groups excluding carboxylic acids is 1. The summed E-state index contributed by atoms with van der Waals surface area (Å²) in [5, 5.41) is 8.79. The quantitative estimate of drug-likeness (QED) is 0.812. The van der Waals surface area contributed by atoms with Crippen molar-refractivity contribution in [2.45, 2.75) is 19.2 Å². The Labute approximate surface area is 141 Å². The van der Waals surface area contributed by atoms with Crippen molar-refractivity contribution in [1.82, 2.24) is 4.90 Å². The molecule has 0 spiro atoms. The Hall–Kier alpha value is -2.25. The first-order chi connectivity index (χ1) is 11.1. The van der Waals surface area contributed by atoms with Crippen LogP contribution in [0, 0.1) is 18.3 Å². The predicted molar refractivity (Wildman–Crippen MR) is 95.0 cm³/mol. The van der Waals surface area contributed by atoms with Crippen LogP contribution < -0.4 is 0 Å². The highest BCUT2D eigenvalue weighted by atomic mass is 32.2. The van der Waals surface area contributed by atoms with Gasteiger partial charge in [0.15, 0.2) is 0 Å². The monoisotopic (exact) mass is 324 g/mol. The number of carbonyl (C=O) groups is 1.